The molecule has 0 unspecified atom stereocenters. The molecular formula is C18H26N2O3. The summed E-state index contributed by atoms with van der Waals surface area (Å²) in [5.41, 5.74) is 1.47. The summed E-state index contributed by atoms with van der Waals surface area (Å²) in [5.74, 6) is 0.253. The number of anilines is 1. The van der Waals surface area contributed by atoms with Crippen LogP contribution >= 0.6 is 0 Å². The second-order valence-corrected chi connectivity index (χ2v) is 6.17. The third kappa shape index (κ3) is 5.36. The predicted octanol–water partition coefficient (Wildman–Crippen LogP) is 2.51. The van der Waals surface area contributed by atoms with Crippen LogP contribution in [0.3, 0.4) is 0 Å². The Morgan fingerprint density at radius 3 is 2.65 bits per heavy atom. The first kappa shape index (κ1) is 17.5. The number of ether oxygens (including phenoxy) is 1. The molecule has 1 aliphatic rings. The third-order valence-electron chi connectivity index (χ3n) is 4.38. The first-order valence-electron chi connectivity index (χ1n) is 8.30. The van der Waals surface area contributed by atoms with Gasteiger partial charge in [0.15, 0.2) is 0 Å². The molecule has 5 nitrogen and oxygen atoms in total. The molecule has 2 atom stereocenters. The minimum Gasteiger partial charge on any atom is -0.368 e. The van der Waals surface area contributed by atoms with Crippen LogP contribution in [0.2, 0.25) is 0 Å². The molecule has 23 heavy (non-hydrogen) atoms. The minimum atomic E-state index is -0.174. The summed E-state index contributed by atoms with van der Waals surface area (Å²) >= 11 is 0. The Balaban J connectivity index is 1.88. The molecule has 0 heterocycles. The lowest BCUT2D eigenvalue weighted by Gasteiger charge is -2.28. The Labute approximate surface area is 137 Å². The van der Waals surface area contributed by atoms with Crippen LogP contribution in [-0.2, 0) is 20.7 Å². The van der Waals surface area contributed by atoms with E-state index in [1.807, 2.05) is 18.2 Å². The molecule has 0 spiro atoms. The Morgan fingerprint density at radius 1 is 1.17 bits per heavy atom. The van der Waals surface area contributed by atoms with Crippen molar-refractivity contribution in [3.63, 3.8) is 0 Å². The fraction of sp³-hybridized carbons (Fsp3) is 0.556. The van der Waals surface area contributed by atoms with Crippen LogP contribution in [-0.4, -0.2) is 31.6 Å². The lowest BCUT2D eigenvalue weighted by Crippen LogP contribution is -2.30. The summed E-state index contributed by atoms with van der Waals surface area (Å²) in [7, 11) is 1.60. The molecule has 5 heteroatoms. The van der Waals surface area contributed by atoms with E-state index in [4.69, 9.17) is 4.74 Å². The largest absolute Gasteiger partial charge is 0.368 e. The van der Waals surface area contributed by atoms with Gasteiger partial charge in [0.2, 0.25) is 11.8 Å². The minimum absolute atomic E-state index is 0.0588. The quantitative estimate of drug-likeness (QED) is 0.847. The van der Waals surface area contributed by atoms with Crippen LogP contribution in [0.15, 0.2) is 24.3 Å². The number of amides is 2. The van der Waals surface area contributed by atoms with Gasteiger partial charge in [-0.2, -0.15) is 0 Å². The second-order valence-electron chi connectivity index (χ2n) is 6.17. The molecule has 2 amide bonds. The van der Waals surface area contributed by atoms with Gasteiger partial charge in [0.05, 0.1) is 12.5 Å². The molecule has 1 aliphatic carbocycles. The Kier molecular flexibility index (Phi) is 6.59. The molecule has 0 aromatic heterocycles. The lowest BCUT2D eigenvalue weighted by atomic mass is 9.88. The van der Waals surface area contributed by atoms with Crippen LogP contribution in [0, 0.1) is 5.92 Å². The first-order chi connectivity index (χ1) is 11.1. The number of hydrogen-bond donors (Lipinski definition) is 2. The van der Waals surface area contributed by atoms with Gasteiger partial charge in [0, 0.05) is 12.7 Å². The van der Waals surface area contributed by atoms with E-state index in [-0.39, 0.29) is 30.9 Å². The van der Waals surface area contributed by atoms with E-state index >= 15 is 0 Å². The van der Waals surface area contributed by atoms with E-state index in [9.17, 15) is 9.59 Å². The summed E-state index contributed by atoms with van der Waals surface area (Å²) < 4.78 is 5.78. The SMILES string of the molecule is CNC(=O)Cc1ccccc1NC(=O)CO[C@H]1CCCC[C@H]1C. The number of benzene rings is 1. The van der Waals surface area contributed by atoms with Crippen molar-refractivity contribution in [1.82, 2.24) is 5.32 Å². The second kappa shape index (κ2) is 8.67. The zero-order chi connectivity index (χ0) is 16.7. The molecule has 0 radical (unpaired) electrons. The standard InChI is InChI=1S/C18H26N2O3/c1-13-7-3-6-10-16(13)23-12-18(22)20-15-9-5-4-8-14(15)11-17(21)19-2/h4-5,8-9,13,16H,3,6-7,10-12H2,1-2H3,(H,19,21)(H,20,22)/t13-,16+/m1/s1. The number of hydrogen-bond acceptors (Lipinski definition) is 3. The summed E-state index contributed by atoms with van der Waals surface area (Å²) in [5, 5.41) is 5.44. The smallest absolute Gasteiger partial charge is 0.250 e. The molecule has 0 aliphatic heterocycles. The first-order valence-corrected chi connectivity index (χ1v) is 8.30. The third-order valence-corrected chi connectivity index (χ3v) is 4.38. The van der Waals surface area contributed by atoms with E-state index in [1.54, 1.807) is 13.1 Å². The number of carbonyl (C=O) groups excluding carboxylic acids is 2. The Morgan fingerprint density at radius 2 is 1.91 bits per heavy atom. The highest BCUT2D eigenvalue weighted by molar-refractivity contribution is 5.93. The molecule has 2 N–H and O–H groups in total. The molecule has 1 fully saturated rings. The highest BCUT2D eigenvalue weighted by atomic mass is 16.5. The maximum atomic E-state index is 12.1. The van der Waals surface area contributed by atoms with E-state index in [0.29, 0.717) is 11.6 Å². The van der Waals surface area contributed by atoms with Crippen molar-refractivity contribution < 1.29 is 14.3 Å². The lowest BCUT2D eigenvalue weighted by molar-refractivity contribution is -0.124. The van der Waals surface area contributed by atoms with Gasteiger partial charge >= 0.3 is 0 Å². The zero-order valence-electron chi connectivity index (χ0n) is 13.9. The summed E-state index contributed by atoms with van der Waals surface area (Å²) in [6, 6.07) is 7.34. The average molecular weight is 318 g/mol. The van der Waals surface area contributed by atoms with E-state index < -0.39 is 0 Å². The molecular weight excluding hydrogens is 292 g/mol. The van der Waals surface area contributed by atoms with Crippen molar-refractivity contribution in [3.8, 4) is 0 Å². The Hall–Kier alpha value is -1.88. The maximum Gasteiger partial charge on any atom is 0.250 e. The van der Waals surface area contributed by atoms with Crippen LogP contribution in [0.5, 0.6) is 0 Å². The highest BCUT2D eigenvalue weighted by Gasteiger charge is 2.22. The van der Waals surface area contributed by atoms with Gasteiger partial charge in [-0.05, 0) is 30.4 Å². The number of carbonyl (C=O) groups is 2. The molecule has 1 aromatic carbocycles. The number of rotatable bonds is 6. The van der Waals surface area contributed by atoms with Crippen LogP contribution in [0.4, 0.5) is 5.69 Å². The Bertz CT molecular complexity index is 545. The normalized spacial score (nSPS) is 20.8. The molecule has 2 rings (SSSR count). The van der Waals surface area contributed by atoms with Crippen molar-refractivity contribution in [2.45, 2.75) is 45.1 Å². The van der Waals surface area contributed by atoms with Crippen molar-refractivity contribution >= 4 is 17.5 Å². The van der Waals surface area contributed by atoms with Gasteiger partial charge < -0.3 is 15.4 Å². The van der Waals surface area contributed by atoms with Crippen molar-refractivity contribution in [2.24, 2.45) is 5.92 Å². The number of likely N-dealkylation sites (N-methyl/N-ethyl adjacent to an activating group) is 1. The predicted molar refractivity (Wildman–Crippen MR) is 90.2 cm³/mol. The zero-order valence-corrected chi connectivity index (χ0v) is 13.9. The number of para-hydroxylation sites is 1. The summed E-state index contributed by atoms with van der Waals surface area (Å²) in [4.78, 5) is 23.7. The molecule has 0 saturated heterocycles. The molecule has 126 valence electrons. The topological polar surface area (TPSA) is 67.4 Å². The van der Waals surface area contributed by atoms with Gasteiger partial charge in [0.25, 0.3) is 0 Å². The van der Waals surface area contributed by atoms with Crippen LogP contribution < -0.4 is 10.6 Å². The molecule has 0 bridgehead atoms. The average Bonchev–Trinajstić information content (AvgIpc) is 2.56. The fourth-order valence-corrected chi connectivity index (χ4v) is 2.96. The van der Waals surface area contributed by atoms with Crippen molar-refractivity contribution in [2.75, 3.05) is 19.0 Å². The van der Waals surface area contributed by atoms with Crippen LogP contribution in [0.25, 0.3) is 0 Å². The maximum absolute atomic E-state index is 12.1. The van der Waals surface area contributed by atoms with Gasteiger partial charge in [-0.25, -0.2) is 0 Å². The van der Waals surface area contributed by atoms with Crippen molar-refractivity contribution in [1.29, 1.82) is 0 Å². The summed E-state index contributed by atoms with van der Waals surface area (Å²) in [6.07, 6.45) is 5.04. The van der Waals surface area contributed by atoms with Gasteiger partial charge in [-0.1, -0.05) is 38.0 Å². The monoisotopic (exact) mass is 318 g/mol. The van der Waals surface area contributed by atoms with Crippen molar-refractivity contribution in [3.05, 3.63) is 29.8 Å². The van der Waals surface area contributed by atoms with Gasteiger partial charge in [-0.15, -0.1) is 0 Å². The highest BCUT2D eigenvalue weighted by Crippen LogP contribution is 2.26. The number of nitrogens with one attached hydrogen (secondary N) is 2. The van der Waals surface area contributed by atoms with Gasteiger partial charge in [0.1, 0.15) is 6.61 Å². The van der Waals surface area contributed by atoms with E-state index in [0.717, 1.165) is 12.0 Å². The van der Waals surface area contributed by atoms with E-state index in [2.05, 4.69) is 17.6 Å². The summed E-state index contributed by atoms with van der Waals surface area (Å²) in [6.45, 7) is 2.24. The van der Waals surface area contributed by atoms with Gasteiger partial charge in [-0.3, -0.25) is 9.59 Å². The molecule has 1 saturated carbocycles. The molecule has 1 aromatic rings. The fourth-order valence-electron chi connectivity index (χ4n) is 2.96. The van der Waals surface area contributed by atoms with E-state index in [1.165, 1.54) is 19.3 Å². The van der Waals surface area contributed by atoms with Crippen LogP contribution in [0.1, 0.15) is 38.2 Å².